The lowest BCUT2D eigenvalue weighted by Crippen LogP contribution is -2.13. The highest BCUT2D eigenvalue weighted by Crippen LogP contribution is 2.34. The summed E-state index contributed by atoms with van der Waals surface area (Å²) in [7, 11) is 1.40. The van der Waals surface area contributed by atoms with Crippen LogP contribution < -0.4 is 10.1 Å². The summed E-state index contributed by atoms with van der Waals surface area (Å²) >= 11 is 6.08. The van der Waals surface area contributed by atoms with Crippen molar-refractivity contribution in [2.75, 3.05) is 19.0 Å². The van der Waals surface area contributed by atoms with Crippen molar-refractivity contribution in [3.05, 3.63) is 58.5 Å². The van der Waals surface area contributed by atoms with Crippen LogP contribution in [0.4, 0.5) is 10.1 Å². The van der Waals surface area contributed by atoms with E-state index in [0.29, 0.717) is 22.1 Å². The number of aromatic nitrogens is 1. The van der Waals surface area contributed by atoms with Gasteiger partial charge in [0.2, 0.25) is 5.91 Å². The fraction of sp³-hybridized carbons (Fsp3) is 0.111. The number of carbonyl (C=O) groups is 1. The van der Waals surface area contributed by atoms with Crippen LogP contribution in [0.15, 0.2) is 41.4 Å². The fourth-order valence-electron chi connectivity index (χ4n) is 2.95. The highest BCUT2D eigenvalue weighted by molar-refractivity contribution is 6.32. The van der Waals surface area contributed by atoms with Gasteiger partial charge in [-0.2, -0.15) is 0 Å². The Labute approximate surface area is 147 Å². The van der Waals surface area contributed by atoms with Crippen LogP contribution >= 0.6 is 11.6 Å². The number of anilines is 1. The predicted molar refractivity (Wildman–Crippen MR) is 95.4 cm³/mol. The van der Waals surface area contributed by atoms with E-state index in [4.69, 9.17) is 16.3 Å². The van der Waals surface area contributed by atoms with E-state index in [1.54, 1.807) is 30.3 Å². The molecule has 4 rings (SSSR count). The molecular formula is C18H13ClFN3O2. The van der Waals surface area contributed by atoms with Crippen molar-refractivity contribution in [1.82, 2.24) is 4.98 Å². The largest absolute Gasteiger partial charge is 0.494 e. The van der Waals surface area contributed by atoms with E-state index >= 15 is 0 Å². The monoisotopic (exact) mass is 357 g/mol. The van der Waals surface area contributed by atoms with Crippen LogP contribution in [0.2, 0.25) is 5.02 Å². The number of amides is 1. The highest BCUT2D eigenvalue weighted by atomic mass is 35.5. The number of fused-ring (bicyclic) bond motifs is 3. The molecule has 1 amide bonds. The van der Waals surface area contributed by atoms with E-state index < -0.39 is 5.82 Å². The van der Waals surface area contributed by atoms with Gasteiger partial charge in [-0.1, -0.05) is 17.7 Å². The Hall–Kier alpha value is -2.86. The predicted octanol–water partition coefficient (Wildman–Crippen LogP) is 3.76. The number of rotatable bonds is 2. The molecule has 3 aromatic rings. The standard InChI is InChI=1S/C18H13ClFN3O2/c1-25-13-4-2-3-10(15(13)20)16-18-17(23-14(24)8-21-16)11-7-9(19)5-6-12(11)22-18/h2-7,22H,8H2,1H3,(H,23,24). The second-order valence-electron chi connectivity index (χ2n) is 5.60. The van der Waals surface area contributed by atoms with Crippen molar-refractivity contribution in [3.63, 3.8) is 0 Å². The van der Waals surface area contributed by atoms with E-state index in [1.165, 1.54) is 13.2 Å². The van der Waals surface area contributed by atoms with Gasteiger partial charge in [0, 0.05) is 21.5 Å². The van der Waals surface area contributed by atoms with Crippen molar-refractivity contribution in [2.45, 2.75) is 0 Å². The molecule has 0 unspecified atom stereocenters. The van der Waals surface area contributed by atoms with E-state index in [9.17, 15) is 9.18 Å². The smallest absolute Gasteiger partial charge is 0.246 e. The molecule has 0 spiro atoms. The second kappa shape index (κ2) is 5.89. The number of halogens is 2. The van der Waals surface area contributed by atoms with Gasteiger partial charge in [0.15, 0.2) is 11.6 Å². The van der Waals surface area contributed by atoms with Crippen molar-refractivity contribution in [3.8, 4) is 5.75 Å². The molecule has 0 fully saturated rings. The Morgan fingerprint density at radius 2 is 2.12 bits per heavy atom. The summed E-state index contributed by atoms with van der Waals surface area (Å²) in [5.74, 6) is -0.689. The SMILES string of the molecule is COc1cccc(C2=NCC(=O)Nc3c2[nH]c2ccc(Cl)cc32)c1F. The molecule has 25 heavy (non-hydrogen) atoms. The van der Waals surface area contributed by atoms with E-state index in [2.05, 4.69) is 15.3 Å². The summed E-state index contributed by atoms with van der Waals surface area (Å²) in [6, 6.07) is 10.1. The van der Waals surface area contributed by atoms with Crippen LogP contribution in [-0.4, -0.2) is 30.3 Å². The number of carbonyl (C=O) groups excluding carboxylic acids is 1. The first kappa shape index (κ1) is 15.7. The average Bonchev–Trinajstić information content (AvgIpc) is 2.85. The molecule has 1 aromatic heterocycles. The summed E-state index contributed by atoms with van der Waals surface area (Å²) in [5, 5.41) is 4.11. The van der Waals surface area contributed by atoms with Crippen LogP contribution in [0.3, 0.4) is 0 Å². The molecule has 0 saturated heterocycles. The second-order valence-corrected chi connectivity index (χ2v) is 6.04. The van der Waals surface area contributed by atoms with Crippen LogP contribution in [0.5, 0.6) is 5.75 Å². The number of H-pyrrole nitrogens is 1. The Balaban J connectivity index is 1.99. The van der Waals surface area contributed by atoms with Crippen molar-refractivity contribution < 1.29 is 13.9 Å². The van der Waals surface area contributed by atoms with Crippen molar-refractivity contribution in [2.24, 2.45) is 4.99 Å². The maximum atomic E-state index is 14.8. The zero-order valence-corrected chi connectivity index (χ0v) is 13.9. The number of hydrogen-bond donors (Lipinski definition) is 2. The Morgan fingerprint density at radius 3 is 2.92 bits per heavy atom. The minimum absolute atomic E-state index is 0.101. The summed E-state index contributed by atoms with van der Waals surface area (Å²) in [5.41, 5.74) is 2.47. The third-order valence-corrected chi connectivity index (χ3v) is 4.32. The van der Waals surface area contributed by atoms with Gasteiger partial charge < -0.3 is 15.0 Å². The minimum atomic E-state index is -0.527. The number of aromatic amines is 1. The lowest BCUT2D eigenvalue weighted by atomic mass is 10.0. The summed E-state index contributed by atoms with van der Waals surface area (Å²) < 4.78 is 19.8. The summed E-state index contributed by atoms with van der Waals surface area (Å²) in [6.07, 6.45) is 0. The van der Waals surface area contributed by atoms with Gasteiger partial charge in [-0.25, -0.2) is 4.39 Å². The maximum absolute atomic E-state index is 14.8. The lowest BCUT2D eigenvalue weighted by molar-refractivity contribution is -0.114. The van der Waals surface area contributed by atoms with Gasteiger partial charge in [-0.05, 0) is 30.3 Å². The van der Waals surface area contributed by atoms with Crippen LogP contribution in [0.1, 0.15) is 11.3 Å². The first-order valence-electron chi connectivity index (χ1n) is 7.57. The molecule has 2 N–H and O–H groups in total. The molecular weight excluding hydrogens is 345 g/mol. The Morgan fingerprint density at radius 1 is 1.28 bits per heavy atom. The van der Waals surface area contributed by atoms with Gasteiger partial charge in [0.1, 0.15) is 6.54 Å². The molecule has 2 heterocycles. The summed E-state index contributed by atoms with van der Waals surface area (Å²) in [4.78, 5) is 19.6. The normalized spacial score (nSPS) is 13.9. The molecule has 2 aromatic carbocycles. The van der Waals surface area contributed by atoms with Crippen LogP contribution in [0, 0.1) is 5.82 Å². The molecule has 0 saturated carbocycles. The third-order valence-electron chi connectivity index (χ3n) is 4.08. The lowest BCUT2D eigenvalue weighted by Gasteiger charge is -2.09. The summed E-state index contributed by atoms with van der Waals surface area (Å²) in [6.45, 7) is -0.101. The molecule has 0 radical (unpaired) electrons. The van der Waals surface area contributed by atoms with Crippen molar-refractivity contribution >= 4 is 39.8 Å². The van der Waals surface area contributed by atoms with E-state index in [0.717, 1.165) is 10.9 Å². The molecule has 7 heteroatoms. The zero-order valence-electron chi connectivity index (χ0n) is 13.2. The highest BCUT2D eigenvalue weighted by Gasteiger charge is 2.25. The number of benzene rings is 2. The van der Waals surface area contributed by atoms with Gasteiger partial charge in [-0.3, -0.25) is 9.79 Å². The molecule has 0 bridgehead atoms. The molecule has 0 aliphatic carbocycles. The number of nitrogens with one attached hydrogen (secondary N) is 2. The first-order valence-corrected chi connectivity index (χ1v) is 7.95. The molecule has 126 valence electrons. The Bertz CT molecular complexity index is 1040. The molecule has 1 aliphatic rings. The number of aliphatic imine (C=N–C) groups is 1. The van der Waals surface area contributed by atoms with Gasteiger partial charge >= 0.3 is 0 Å². The number of methoxy groups -OCH3 is 1. The average molecular weight is 358 g/mol. The topological polar surface area (TPSA) is 66.5 Å². The van der Waals surface area contributed by atoms with Gasteiger partial charge in [0.25, 0.3) is 0 Å². The molecule has 1 aliphatic heterocycles. The van der Waals surface area contributed by atoms with Crippen molar-refractivity contribution in [1.29, 1.82) is 0 Å². The van der Waals surface area contributed by atoms with E-state index in [-0.39, 0.29) is 23.8 Å². The number of ether oxygens (including phenoxy) is 1. The van der Waals surface area contributed by atoms with Crippen LogP contribution in [-0.2, 0) is 4.79 Å². The molecule has 5 nitrogen and oxygen atoms in total. The van der Waals surface area contributed by atoms with Gasteiger partial charge in [-0.15, -0.1) is 0 Å². The molecule has 0 atom stereocenters. The first-order chi connectivity index (χ1) is 12.1. The minimum Gasteiger partial charge on any atom is -0.494 e. The third kappa shape index (κ3) is 2.55. The van der Waals surface area contributed by atoms with Crippen LogP contribution in [0.25, 0.3) is 10.9 Å². The zero-order chi connectivity index (χ0) is 17.6. The Kier molecular flexibility index (Phi) is 3.69. The number of hydrogen-bond acceptors (Lipinski definition) is 3. The van der Waals surface area contributed by atoms with E-state index in [1.807, 2.05) is 0 Å². The number of nitrogens with zero attached hydrogens (tertiary/aromatic N) is 1. The maximum Gasteiger partial charge on any atom is 0.246 e. The fourth-order valence-corrected chi connectivity index (χ4v) is 3.12. The quantitative estimate of drug-likeness (QED) is 0.733. The van der Waals surface area contributed by atoms with Gasteiger partial charge in [0.05, 0.1) is 24.2 Å².